The summed E-state index contributed by atoms with van der Waals surface area (Å²) in [7, 11) is 0. The Kier molecular flexibility index (Phi) is 5.81. The van der Waals surface area contributed by atoms with Crippen molar-refractivity contribution in [3.8, 4) is 0 Å². The van der Waals surface area contributed by atoms with E-state index < -0.39 is 0 Å². The molecule has 5 heteroatoms. The fraction of sp³-hybridized carbons (Fsp3) is 0.933. The molecule has 0 aromatic heterocycles. The summed E-state index contributed by atoms with van der Waals surface area (Å²) in [4.78, 5) is 17.5. The molecule has 2 saturated heterocycles. The summed E-state index contributed by atoms with van der Waals surface area (Å²) in [5.41, 5.74) is -0.387. The number of piperazine rings is 1. The number of hydrogen-bond donors (Lipinski definition) is 1. The van der Waals surface area contributed by atoms with Gasteiger partial charge in [0.15, 0.2) is 0 Å². The number of hydrogen-bond acceptors (Lipinski definition) is 5. The van der Waals surface area contributed by atoms with E-state index in [1.54, 1.807) is 0 Å². The minimum Gasteiger partial charge on any atom is -0.465 e. The van der Waals surface area contributed by atoms with Crippen LogP contribution in [-0.4, -0.2) is 73.7 Å². The summed E-state index contributed by atoms with van der Waals surface area (Å²) in [6, 6.07) is 0. The summed E-state index contributed by atoms with van der Waals surface area (Å²) >= 11 is 0. The van der Waals surface area contributed by atoms with E-state index >= 15 is 0 Å². The molecular formula is C15H29N3O2. The second-order valence-electron chi connectivity index (χ2n) is 5.78. The Morgan fingerprint density at radius 3 is 2.55 bits per heavy atom. The molecule has 2 fully saturated rings. The standard InChI is InChI=1S/C15H29N3O2/c1-3-17-10-5-6-15(7-11-17,14(19)20-4-2)18-12-8-16-9-13-18/h16H,3-13H2,1-2H3. The minimum absolute atomic E-state index is 0.000136. The average molecular weight is 283 g/mol. The average Bonchev–Trinajstić information content (AvgIpc) is 2.71. The molecule has 0 spiro atoms. The molecule has 0 aromatic rings. The first-order valence-electron chi connectivity index (χ1n) is 8.08. The lowest BCUT2D eigenvalue weighted by molar-refractivity contribution is -0.160. The SMILES string of the molecule is CCOC(=O)C1(N2CCNCC2)CCCN(CC)CC1. The normalized spacial score (nSPS) is 29.9. The van der Waals surface area contributed by atoms with Gasteiger partial charge in [-0.05, 0) is 39.3 Å². The van der Waals surface area contributed by atoms with Gasteiger partial charge in [-0.3, -0.25) is 9.69 Å². The zero-order chi connectivity index (χ0) is 14.4. The van der Waals surface area contributed by atoms with Crippen molar-refractivity contribution in [2.24, 2.45) is 0 Å². The Morgan fingerprint density at radius 2 is 1.90 bits per heavy atom. The molecule has 2 heterocycles. The second kappa shape index (κ2) is 7.38. The van der Waals surface area contributed by atoms with Gasteiger partial charge in [-0.15, -0.1) is 0 Å². The maximum atomic E-state index is 12.7. The lowest BCUT2D eigenvalue weighted by Crippen LogP contribution is -2.61. The molecule has 0 radical (unpaired) electrons. The maximum absolute atomic E-state index is 12.7. The van der Waals surface area contributed by atoms with E-state index in [9.17, 15) is 4.79 Å². The molecule has 1 unspecified atom stereocenters. The highest BCUT2D eigenvalue weighted by molar-refractivity contribution is 5.81. The third-order valence-corrected chi connectivity index (χ3v) is 4.73. The van der Waals surface area contributed by atoms with Crippen LogP contribution in [0, 0.1) is 0 Å². The molecule has 0 saturated carbocycles. The van der Waals surface area contributed by atoms with Crippen molar-refractivity contribution >= 4 is 5.97 Å². The van der Waals surface area contributed by atoms with Gasteiger partial charge in [0.05, 0.1) is 6.61 Å². The molecule has 5 nitrogen and oxygen atoms in total. The van der Waals surface area contributed by atoms with E-state index in [-0.39, 0.29) is 11.5 Å². The lowest BCUT2D eigenvalue weighted by Gasteiger charge is -2.43. The van der Waals surface area contributed by atoms with Crippen LogP contribution in [0.5, 0.6) is 0 Å². The van der Waals surface area contributed by atoms with Crippen LogP contribution in [0.1, 0.15) is 33.1 Å². The van der Waals surface area contributed by atoms with Gasteiger partial charge in [-0.25, -0.2) is 0 Å². The Bertz CT molecular complexity index is 318. The topological polar surface area (TPSA) is 44.8 Å². The number of nitrogens with one attached hydrogen (secondary N) is 1. The number of nitrogens with zero attached hydrogens (tertiary/aromatic N) is 2. The predicted octanol–water partition coefficient (Wildman–Crippen LogP) is 0.699. The van der Waals surface area contributed by atoms with Crippen molar-refractivity contribution in [2.45, 2.75) is 38.6 Å². The van der Waals surface area contributed by atoms with Gasteiger partial charge < -0.3 is 15.0 Å². The molecule has 2 rings (SSSR count). The Balaban J connectivity index is 2.16. The highest BCUT2D eigenvalue weighted by Crippen LogP contribution is 2.31. The number of carbonyl (C=O) groups is 1. The second-order valence-corrected chi connectivity index (χ2v) is 5.78. The molecule has 0 aliphatic carbocycles. The first-order valence-corrected chi connectivity index (χ1v) is 8.08. The van der Waals surface area contributed by atoms with E-state index in [2.05, 4.69) is 22.0 Å². The molecule has 0 aromatic carbocycles. The number of rotatable bonds is 4. The molecule has 2 aliphatic heterocycles. The smallest absolute Gasteiger partial charge is 0.326 e. The van der Waals surface area contributed by atoms with E-state index in [1.807, 2.05) is 6.92 Å². The molecule has 1 N–H and O–H groups in total. The monoisotopic (exact) mass is 283 g/mol. The van der Waals surface area contributed by atoms with Crippen LogP contribution in [0.3, 0.4) is 0 Å². The van der Waals surface area contributed by atoms with Crippen LogP contribution >= 0.6 is 0 Å². The van der Waals surface area contributed by atoms with Crippen LogP contribution in [0.2, 0.25) is 0 Å². The zero-order valence-electron chi connectivity index (χ0n) is 13.0. The highest BCUT2D eigenvalue weighted by atomic mass is 16.5. The molecule has 0 bridgehead atoms. The zero-order valence-corrected chi connectivity index (χ0v) is 13.0. The summed E-state index contributed by atoms with van der Waals surface area (Å²) in [6.07, 6.45) is 2.92. The van der Waals surface area contributed by atoms with Crippen molar-refractivity contribution in [1.82, 2.24) is 15.1 Å². The molecule has 20 heavy (non-hydrogen) atoms. The van der Waals surface area contributed by atoms with E-state index in [0.29, 0.717) is 6.61 Å². The van der Waals surface area contributed by atoms with Crippen LogP contribution in [0.4, 0.5) is 0 Å². The van der Waals surface area contributed by atoms with Gasteiger partial charge >= 0.3 is 5.97 Å². The van der Waals surface area contributed by atoms with Crippen molar-refractivity contribution in [2.75, 3.05) is 52.4 Å². The van der Waals surface area contributed by atoms with Gasteiger partial charge in [-0.2, -0.15) is 0 Å². The Hall–Kier alpha value is -0.650. The van der Waals surface area contributed by atoms with Crippen LogP contribution in [0.25, 0.3) is 0 Å². The highest BCUT2D eigenvalue weighted by Gasteiger charge is 2.46. The Labute approximate surface area is 122 Å². The van der Waals surface area contributed by atoms with Gasteiger partial charge in [0.25, 0.3) is 0 Å². The minimum atomic E-state index is -0.387. The van der Waals surface area contributed by atoms with Gasteiger partial charge in [-0.1, -0.05) is 6.92 Å². The van der Waals surface area contributed by atoms with E-state index in [1.165, 1.54) is 0 Å². The van der Waals surface area contributed by atoms with Crippen LogP contribution in [0.15, 0.2) is 0 Å². The number of carbonyl (C=O) groups excluding carboxylic acids is 1. The number of likely N-dealkylation sites (tertiary alicyclic amines) is 1. The largest absolute Gasteiger partial charge is 0.465 e. The fourth-order valence-electron chi connectivity index (χ4n) is 3.50. The van der Waals surface area contributed by atoms with Crippen LogP contribution < -0.4 is 5.32 Å². The summed E-state index contributed by atoms with van der Waals surface area (Å²) in [6.45, 7) is 11.6. The van der Waals surface area contributed by atoms with Gasteiger partial charge in [0, 0.05) is 32.7 Å². The van der Waals surface area contributed by atoms with Crippen LogP contribution in [-0.2, 0) is 9.53 Å². The van der Waals surface area contributed by atoms with Crippen molar-refractivity contribution in [3.63, 3.8) is 0 Å². The predicted molar refractivity (Wildman–Crippen MR) is 79.8 cm³/mol. The summed E-state index contributed by atoms with van der Waals surface area (Å²) in [5.74, 6) is -0.000136. The third-order valence-electron chi connectivity index (χ3n) is 4.73. The fourth-order valence-corrected chi connectivity index (χ4v) is 3.50. The molecule has 116 valence electrons. The maximum Gasteiger partial charge on any atom is 0.326 e. The quantitative estimate of drug-likeness (QED) is 0.770. The lowest BCUT2D eigenvalue weighted by atomic mass is 9.87. The van der Waals surface area contributed by atoms with Gasteiger partial charge in [0.1, 0.15) is 5.54 Å². The molecule has 1 atom stereocenters. The van der Waals surface area contributed by atoms with Crippen molar-refractivity contribution in [3.05, 3.63) is 0 Å². The van der Waals surface area contributed by atoms with Crippen molar-refractivity contribution < 1.29 is 9.53 Å². The number of ether oxygens (including phenoxy) is 1. The summed E-state index contributed by atoms with van der Waals surface area (Å²) < 4.78 is 5.44. The third kappa shape index (κ3) is 3.32. The van der Waals surface area contributed by atoms with E-state index in [0.717, 1.165) is 65.1 Å². The first kappa shape index (κ1) is 15.7. The van der Waals surface area contributed by atoms with E-state index in [4.69, 9.17) is 4.74 Å². The van der Waals surface area contributed by atoms with Crippen molar-refractivity contribution in [1.29, 1.82) is 0 Å². The summed E-state index contributed by atoms with van der Waals surface area (Å²) in [5, 5.41) is 3.37. The Morgan fingerprint density at radius 1 is 1.15 bits per heavy atom. The number of esters is 1. The van der Waals surface area contributed by atoms with Gasteiger partial charge in [0.2, 0.25) is 0 Å². The molecule has 0 amide bonds. The molecule has 2 aliphatic rings. The molecular weight excluding hydrogens is 254 g/mol. The first-order chi connectivity index (χ1) is 9.73.